The monoisotopic (exact) mass is 296 g/mol. The fourth-order valence-electron chi connectivity index (χ4n) is 2.94. The van der Waals surface area contributed by atoms with Crippen LogP contribution in [0, 0.1) is 5.82 Å². The van der Waals surface area contributed by atoms with Crippen LogP contribution in [0.3, 0.4) is 0 Å². The SMILES string of the molecule is C[C@H](O)CN1CCN(C[C@H](O)c2ccccc2F)C[C@H]1C. The molecule has 5 heteroatoms. The molecule has 1 saturated heterocycles. The minimum atomic E-state index is -0.804. The molecule has 4 nitrogen and oxygen atoms in total. The van der Waals surface area contributed by atoms with Gasteiger partial charge in [-0.1, -0.05) is 18.2 Å². The van der Waals surface area contributed by atoms with Crippen molar-refractivity contribution in [3.8, 4) is 0 Å². The Labute approximate surface area is 125 Å². The number of benzene rings is 1. The summed E-state index contributed by atoms with van der Waals surface area (Å²) in [6, 6.07) is 6.70. The Morgan fingerprint density at radius 3 is 2.57 bits per heavy atom. The van der Waals surface area contributed by atoms with Gasteiger partial charge < -0.3 is 10.2 Å². The molecule has 0 amide bonds. The summed E-state index contributed by atoms with van der Waals surface area (Å²) in [6.45, 7) is 7.51. The van der Waals surface area contributed by atoms with Crippen molar-refractivity contribution in [2.24, 2.45) is 0 Å². The first-order chi connectivity index (χ1) is 9.97. The van der Waals surface area contributed by atoms with Crippen molar-refractivity contribution in [1.29, 1.82) is 0 Å². The van der Waals surface area contributed by atoms with Crippen LogP contribution in [-0.2, 0) is 0 Å². The van der Waals surface area contributed by atoms with E-state index in [1.807, 2.05) is 0 Å². The smallest absolute Gasteiger partial charge is 0.129 e. The number of aliphatic hydroxyl groups is 2. The van der Waals surface area contributed by atoms with E-state index in [0.29, 0.717) is 24.7 Å². The molecule has 21 heavy (non-hydrogen) atoms. The highest BCUT2D eigenvalue weighted by atomic mass is 19.1. The molecule has 2 N–H and O–H groups in total. The summed E-state index contributed by atoms with van der Waals surface area (Å²) in [5, 5.41) is 19.7. The highest BCUT2D eigenvalue weighted by Crippen LogP contribution is 2.19. The molecule has 1 fully saturated rings. The minimum Gasteiger partial charge on any atom is -0.392 e. The minimum absolute atomic E-state index is 0.321. The first kappa shape index (κ1) is 16.4. The van der Waals surface area contributed by atoms with E-state index in [2.05, 4.69) is 16.7 Å². The van der Waals surface area contributed by atoms with E-state index in [1.54, 1.807) is 25.1 Å². The molecular formula is C16H25FN2O2. The van der Waals surface area contributed by atoms with Crippen LogP contribution in [0.1, 0.15) is 25.5 Å². The first-order valence-corrected chi connectivity index (χ1v) is 7.54. The van der Waals surface area contributed by atoms with E-state index in [1.165, 1.54) is 6.07 Å². The molecule has 3 atom stereocenters. The van der Waals surface area contributed by atoms with Crippen LogP contribution in [0.25, 0.3) is 0 Å². The molecule has 0 aromatic heterocycles. The van der Waals surface area contributed by atoms with Crippen LogP contribution in [0.15, 0.2) is 24.3 Å². The standard InChI is InChI=1S/C16H25FN2O2/c1-12-9-18(7-8-19(12)10-13(2)20)11-16(21)14-5-3-4-6-15(14)17/h3-6,12-13,16,20-21H,7-11H2,1-2H3/t12-,13+,16+/m1/s1. The van der Waals surface area contributed by atoms with Crippen LogP contribution in [0.5, 0.6) is 0 Å². The third-order valence-corrected chi connectivity index (χ3v) is 4.04. The number of halogens is 1. The number of piperazine rings is 1. The van der Waals surface area contributed by atoms with E-state index < -0.39 is 6.10 Å². The van der Waals surface area contributed by atoms with Gasteiger partial charge in [-0.25, -0.2) is 4.39 Å². The van der Waals surface area contributed by atoms with Gasteiger partial charge in [-0.05, 0) is 19.9 Å². The average molecular weight is 296 g/mol. The van der Waals surface area contributed by atoms with Gasteiger partial charge in [0.2, 0.25) is 0 Å². The molecule has 0 bridgehead atoms. The fourth-order valence-corrected chi connectivity index (χ4v) is 2.94. The highest BCUT2D eigenvalue weighted by Gasteiger charge is 2.26. The largest absolute Gasteiger partial charge is 0.392 e. The summed E-state index contributed by atoms with van der Waals surface area (Å²) < 4.78 is 13.7. The normalized spacial score (nSPS) is 24.0. The molecule has 0 unspecified atom stereocenters. The lowest BCUT2D eigenvalue weighted by Crippen LogP contribution is -2.54. The molecule has 0 radical (unpaired) electrons. The lowest BCUT2D eigenvalue weighted by molar-refractivity contribution is 0.0234. The van der Waals surface area contributed by atoms with Gasteiger partial charge in [0, 0.05) is 44.3 Å². The molecule has 1 heterocycles. The summed E-state index contributed by atoms with van der Waals surface area (Å²) in [5.74, 6) is -0.356. The van der Waals surface area contributed by atoms with Crippen molar-refractivity contribution in [3.05, 3.63) is 35.6 Å². The first-order valence-electron chi connectivity index (χ1n) is 7.54. The Balaban J connectivity index is 1.89. The molecule has 1 aliphatic rings. The molecule has 118 valence electrons. The third kappa shape index (κ3) is 4.48. The quantitative estimate of drug-likeness (QED) is 0.858. The molecule has 1 aromatic rings. The van der Waals surface area contributed by atoms with Gasteiger partial charge in [0.25, 0.3) is 0 Å². The number of hydrogen-bond donors (Lipinski definition) is 2. The van der Waals surface area contributed by atoms with Gasteiger partial charge in [-0.2, -0.15) is 0 Å². The Morgan fingerprint density at radius 2 is 1.95 bits per heavy atom. The van der Waals surface area contributed by atoms with Gasteiger partial charge in [-0.15, -0.1) is 0 Å². The molecular weight excluding hydrogens is 271 g/mol. The summed E-state index contributed by atoms with van der Waals surface area (Å²) in [6.07, 6.45) is -1.13. The van der Waals surface area contributed by atoms with Crippen molar-refractivity contribution in [2.45, 2.75) is 32.1 Å². The molecule has 0 saturated carbocycles. The zero-order valence-corrected chi connectivity index (χ0v) is 12.7. The second kappa shape index (κ2) is 7.31. The van der Waals surface area contributed by atoms with E-state index in [0.717, 1.165) is 19.6 Å². The maximum Gasteiger partial charge on any atom is 0.129 e. The van der Waals surface area contributed by atoms with Gasteiger partial charge in [0.15, 0.2) is 0 Å². The molecule has 1 aliphatic heterocycles. The number of rotatable bonds is 5. The Hall–Kier alpha value is -1.01. The predicted molar refractivity (Wildman–Crippen MR) is 80.5 cm³/mol. The predicted octanol–water partition coefficient (Wildman–Crippen LogP) is 1.25. The molecule has 2 rings (SSSR count). The zero-order chi connectivity index (χ0) is 15.4. The lowest BCUT2D eigenvalue weighted by Gasteiger charge is -2.41. The summed E-state index contributed by atoms with van der Waals surface area (Å²) >= 11 is 0. The van der Waals surface area contributed by atoms with Crippen molar-refractivity contribution in [2.75, 3.05) is 32.7 Å². The Bertz CT molecular complexity index is 456. The van der Waals surface area contributed by atoms with E-state index >= 15 is 0 Å². The second-order valence-electron chi connectivity index (χ2n) is 5.99. The van der Waals surface area contributed by atoms with Crippen LogP contribution in [-0.4, -0.2) is 64.9 Å². The van der Waals surface area contributed by atoms with Gasteiger partial charge in [-0.3, -0.25) is 9.80 Å². The topological polar surface area (TPSA) is 46.9 Å². The summed E-state index contributed by atoms with van der Waals surface area (Å²) in [5.41, 5.74) is 0.358. The number of hydrogen-bond acceptors (Lipinski definition) is 4. The summed E-state index contributed by atoms with van der Waals surface area (Å²) in [7, 11) is 0. The molecule has 0 aliphatic carbocycles. The maximum absolute atomic E-state index is 13.7. The fraction of sp³-hybridized carbons (Fsp3) is 0.625. The Morgan fingerprint density at radius 1 is 1.24 bits per heavy atom. The lowest BCUT2D eigenvalue weighted by atomic mass is 10.1. The average Bonchev–Trinajstić information content (AvgIpc) is 2.42. The third-order valence-electron chi connectivity index (χ3n) is 4.04. The Kier molecular flexibility index (Phi) is 5.70. The summed E-state index contributed by atoms with van der Waals surface area (Å²) in [4.78, 5) is 4.40. The molecule has 1 aromatic carbocycles. The van der Waals surface area contributed by atoms with Crippen molar-refractivity contribution in [1.82, 2.24) is 9.80 Å². The van der Waals surface area contributed by atoms with Crippen LogP contribution in [0.4, 0.5) is 4.39 Å². The molecule has 0 spiro atoms. The van der Waals surface area contributed by atoms with Gasteiger partial charge >= 0.3 is 0 Å². The van der Waals surface area contributed by atoms with Crippen molar-refractivity contribution < 1.29 is 14.6 Å². The van der Waals surface area contributed by atoms with Gasteiger partial charge in [0.1, 0.15) is 5.82 Å². The van der Waals surface area contributed by atoms with Crippen LogP contribution < -0.4 is 0 Å². The van der Waals surface area contributed by atoms with E-state index in [-0.39, 0.29) is 11.9 Å². The van der Waals surface area contributed by atoms with Gasteiger partial charge in [0.05, 0.1) is 12.2 Å². The van der Waals surface area contributed by atoms with Crippen LogP contribution in [0.2, 0.25) is 0 Å². The van der Waals surface area contributed by atoms with Crippen molar-refractivity contribution >= 4 is 0 Å². The maximum atomic E-state index is 13.7. The number of aliphatic hydroxyl groups excluding tert-OH is 2. The number of nitrogens with zero attached hydrogens (tertiary/aromatic N) is 2. The van der Waals surface area contributed by atoms with Crippen molar-refractivity contribution in [3.63, 3.8) is 0 Å². The zero-order valence-electron chi connectivity index (χ0n) is 12.7. The van der Waals surface area contributed by atoms with E-state index in [9.17, 15) is 14.6 Å². The van der Waals surface area contributed by atoms with E-state index in [4.69, 9.17) is 0 Å². The number of β-amino-alcohol motifs (C(OH)–C–C–N with tert-alkyl or cyclic N) is 2. The second-order valence-corrected chi connectivity index (χ2v) is 5.99. The van der Waals surface area contributed by atoms with Crippen LogP contribution >= 0.6 is 0 Å². The highest BCUT2D eigenvalue weighted by molar-refractivity contribution is 5.20.